The van der Waals surface area contributed by atoms with Crippen molar-refractivity contribution >= 4 is 24.8 Å². The van der Waals surface area contributed by atoms with Crippen LogP contribution in [0.15, 0.2) is 11.1 Å². The quantitative estimate of drug-likeness (QED) is 0.406. The third kappa shape index (κ3) is 3.00. The van der Waals surface area contributed by atoms with Crippen LogP contribution in [0.4, 0.5) is 5.82 Å². The van der Waals surface area contributed by atoms with E-state index in [1.54, 1.807) is 0 Å². The van der Waals surface area contributed by atoms with Crippen molar-refractivity contribution in [1.82, 2.24) is 19.5 Å². The number of aliphatic hydroxyl groups is 1. The number of H-pyrrole nitrogens is 1. The average Bonchev–Trinajstić information content (AvgIpc) is 2.98. The lowest BCUT2D eigenvalue weighted by Gasteiger charge is -2.16. The van der Waals surface area contributed by atoms with Gasteiger partial charge in [0.2, 0.25) is 0 Å². The van der Waals surface area contributed by atoms with Crippen LogP contribution in [-0.2, 0) is 13.8 Å². The maximum atomic E-state index is 12.1. The topological polar surface area (TPSA) is 186 Å². The maximum Gasteiger partial charge on any atom is 0.469 e. The first-order valence-corrected chi connectivity index (χ1v) is 8.04. The van der Waals surface area contributed by atoms with Gasteiger partial charge in [0, 0.05) is 6.42 Å². The molecular weight excluding hydrogens is 333 g/mol. The Balaban J connectivity index is 1.97. The number of nitrogens with two attached hydrogens (primary N) is 1. The number of nitrogens with zero attached hydrogens (tertiary/aromatic N) is 3. The molecule has 0 bridgehead atoms. The highest BCUT2D eigenvalue weighted by Crippen LogP contribution is 2.43. The summed E-state index contributed by atoms with van der Waals surface area (Å²) in [6.45, 7) is -0.532. The SMILES string of the molecule is Nc1ncnc2c1[nH]c(=O)n2[C@H]1C[C@H](OP(=O)(O)O)[C@@H](CO)O1. The Morgan fingerprint density at radius 2 is 2.26 bits per heavy atom. The Hall–Kier alpha value is -1.82. The summed E-state index contributed by atoms with van der Waals surface area (Å²) in [5.41, 5.74) is 5.48. The summed E-state index contributed by atoms with van der Waals surface area (Å²) < 4.78 is 22.2. The minimum atomic E-state index is -4.77. The van der Waals surface area contributed by atoms with E-state index in [-0.39, 0.29) is 23.4 Å². The van der Waals surface area contributed by atoms with E-state index < -0.39 is 38.6 Å². The van der Waals surface area contributed by atoms with Gasteiger partial charge in [-0.3, -0.25) is 4.52 Å². The Labute approximate surface area is 128 Å². The number of hydrogen-bond acceptors (Lipinski definition) is 8. The second-order valence-corrected chi connectivity index (χ2v) is 6.13. The number of rotatable bonds is 4. The van der Waals surface area contributed by atoms with Crippen LogP contribution in [0, 0.1) is 0 Å². The van der Waals surface area contributed by atoms with E-state index in [9.17, 15) is 14.5 Å². The number of anilines is 1. The van der Waals surface area contributed by atoms with E-state index in [1.165, 1.54) is 6.33 Å². The first-order valence-electron chi connectivity index (χ1n) is 6.51. The summed E-state index contributed by atoms with van der Waals surface area (Å²) >= 11 is 0. The predicted octanol–water partition coefficient (Wildman–Crippen LogP) is -1.54. The third-order valence-electron chi connectivity index (χ3n) is 3.46. The Morgan fingerprint density at radius 1 is 1.52 bits per heavy atom. The summed E-state index contributed by atoms with van der Waals surface area (Å²) in [5.74, 6) is 0.0746. The molecule has 0 spiro atoms. The fraction of sp³-hybridized carbons (Fsp3) is 0.500. The molecule has 3 heterocycles. The number of aliphatic hydroxyl groups excluding tert-OH is 1. The van der Waals surface area contributed by atoms with Crippen LogP contribution < -0.4 is 11.4 Å². The minimum Gasteiger partial charge on any atom is -0.394 e. The maximum absolute atomic E-state index is 12.1. The van der Waals surface area contributed by atoms with Crippen LogP contribution in [-0.4, -0.2) is 53.2 Å². The lowest BCUT2D eigenvalue weighted by molar-refractivity contribution is -0.0435. The molecule has 6 N–H and O–H groups in total. The molecular formula is C10H14N5O7P. The average molecular weight is 347 g/mol. The molecule has 0 aliphatic carbocycles. The molecule has 126 valence electrons. The van der Waals surface area contributed by atoms with Gasteiger partial charge in [-0.15, -0.1) is 0 Å². The second kappa shape index (κ2) is 5.67. The number of aromatic amines is 1. The van der Waals surface area contributed by atoms with Crippen molar-refractivity contribution in [2.45, 2.75) is 24.9 Å². The number of imidazole rings is 1. The first-order chi connectivity index (χ1) is 10.8. The van der Waals surface area contributed by atoms with Gasteiger partial charge < -0.3 is 30.3 Å². The molecule has 1 saturated heterocycles. The summed E-state index contributed by atoms with van der Waals surface area (Å²) in [6.07, 6.45) is -1.90. The van der Waals surface area contributed by atoms with Crippen molar-refractivity contribution in [2.24, 2.45) is 0 Å². The van der Waals surface area contributed by atoms with Gasteiger partial charge in [-0.2, -0.15) is 0 Å². The number of phosphoric acid groups is 1. The van der Waals surface area contributed by atoms with Crippen molar-refractivity contribution in [1.29, 1.82) is 0 Å². The fourth-order valence-corrected chi connectivity index (χ4v) is 3.11. The largest absolute Gasteiger partial charge is 0.469 e. The lowest BCUT2D eigenvalue weighted by Crippen LogP contribution is -2.27. The zero-order valence-electron chi connectivity index (χ0n) is 11.6. The number of ether oxygens (including phenoxy) is 1. The number of nitrogens with one attached hydrogen (secondary N) is 1. The fourth-order valence-electron chi connectivity index (χ4n) is 2.53. The number of nitrogen functional groups attached to an aromatic ring is 1. The Kier molecular flexibility index (Phi) is 3.96. The van der Waals surface area contributed by atoms with Crippen LogP contribution in [0.25, 0.3) is 11.2 Å². The standard InChI is InChI=1S/C10H14N5O7P/c11-8-7-9(13-3-12-8)15(10(17)14-7)6-1-4(5(2-16)21-6)22-23(18,19)20/h3-6,16H,1-2H2,(H,14,17)(H2,11,12,13)(H2,18,19,20)/t4-,5+,6+/m0/s1. The molecule has 1 aliphatic rings. The van der Waals surface area contributed by atoms with Crippen molar-refractivity contribution in [3.8, 4) is 0 Å². The molecule has 3 rings (SSSR count). The molecule has 0 radical (unpaired) electrons. The van der Waals surface area contributed by atoms with Gasteiger partial charge in [-0.25, -0.2) is 23.9 Å². The molecule has 23 heavy (non-hydrogen) atoms. The summed E-state index contributed by atoms with van der Waals surface area (Å²) in [4.78, 5) is 40.1. The van der Waals surface area contributed by atoms with E-state index in [4.69, 9.17) is 20.3 Å². The van der Waals surface area contributed by atoms with Gasteiger partial charge in [-0.1, -0.05) is 0 Å². The monoisotopic (exact) mass is 347 g/mol. The highest BCUT2D eigenvalue weighted by Gasteiger charge is 2.41. The van der Waals surface area contributed by atoms with Crippen LogP contribution in [0.1, 0.15) is 12.6 Å². The number of aromatic nitrogens is 4. The molecule has 0 amide bonds. The molecule has 0 saturated carbocycles. The van der Waals surface area contributed by atoms with Crippen molar-refractivity contribution in [2.75, 3.05) is 12.3 Å². The zero-order valence-corrected chi connectivity index (χ0v) is 12.5. The van der Waals surface area contributed by atoms with Crippen LogP contribution >= 0.6 is 7.82 Å². The third-order valence-corrected chi connectivity index (χ3v) is 4.00. The van der Waals surface area contributed by atoms with E-state index in [0.29, 0.717) is 0 Å². The predicted molar refractivity (Wildman–Crippen MR) is 75.1 cm³/mol. The first kappa shape index (κ1) is 16.1. The minimum absolute atomic E-state index is 0.0624. The van der Waals surface area contributed by atoms with Crippen molar-refractivity contribution in [3.63, 3.8) is 0 Å². The molecule has 2 aromatic heterocycles. The summed E-state index contributed by atoms with van der Waals surface area (Å²) in [5, 5.41) is 9.28. The number of hydrogen-bond donors (Lipinski definition) is 5. The second-order valence-electron chi connectivity index (χ2n) is 4.94. The zero-order chi connectivity index (χ0) is 16.8. The highest BCUT2D eigenvalue weighted by molar-refractivity contribution is 7.46. The van der Waals surface area contributed by atoms with Gasteiger partial charge >= 0.3 is 13.5 Å². The molecule has 0 unspecified atom stereocenters. The Morgan fingerprint density at radius 3 is 2.91 bits per heavy atom. The normalized spacial score (nSPS) is 25.3. The van der Waals surface area contributed by atoms with Crippen LogP contribution in [0.3, 0.4) is 0 Å². The van der Waals surface area contributed by atoms with Gasteiger partial charge in [0.25, 0.3) is 0 Å². The van der Waals surface area contributed by atoms with Gasteiger partial charge in [0.1, 0.15) is 30.3 Å². The number of phosphoric ester groups is 1. The molecule has 0 aromatic carbocycles. The van der Waals surface area contributed by atoms with E-state index in [1.807, 2.05) is 0 Å². The lowest BCUT2D eigenvalue weighted by atomic mass is 10.2. The summed E-state index contributed by atoms with van der Waals surface area (Å²) in [6, 6.07) is 0. The number of fused-ring (bicyclic) bond motifs is 1. The molecule has 1 aliphatic heterocycles. The summed E-state index contributed by atoms with van der Waals surface area (Å²) in [7, 11) is -4.77. The smallest absolute Gasteiger partial charge is 0.394 e. The molecule has 3 atom stereocenters. The molecule has 13 heteroatoms. The van der Waals surface area contributed by atoms with Crippen LogP contribution in [0.2, 0.25) is 0 Å². The Bertz CT molecular complexity index is 829. The molecule has 2 aromatic rings. The molecule has 12 nitrogen and oxygen atoms in total. The van der Waals surface area contributed by atoms with E-state index in [2.05, 4.69) is 19.5 Å². The van der Waals surface area contributed by atoms with Gasteiger partial charge in [0.05, 0.1) is 6.61 Å². The van der Waals surface area contributed by atoms with Crippen molar-refractivity contribution in [3.05, 3.63) is 16.8 Å². The van der Waals surface area contributed by atoms with Crippen LogP contribution in [0.5, 0.6) is 0 Å². The van der Waals surface area contributed by atoms with Gasteiger partial charge in [-0.05, 0) is 0 Å². The highest BCUT2D eigenvalue weighted by atomic mass is 31.2. The molecule has 1 fully saturated rings. The van der Waals surface area contributed by atoms with E-state index >= 15 is 0 Å². The van der Waals surface area contributed by atoms with E-state index in [0.717, 1.165) is 4.57 Å². The van der Waals surface area contributed by atoms with Gasteiger partial charge in [0.15, 0.2) is 11.5 Å². The van der Waals surface area contributed by atoms with Crippen molar-refractivity contribution < 1.29 is 28.7 Å².